The molecule has 0 amide bonds. The minimum atomic E-state index is -0.279. The molecule has 0 heterocycles. The summed E-state index contributed by atoms with van der Waals surface area (Å²) in [6, 6.07) is 0. The lowest BCUT2D eigenvalue weighted by Crippen LogP contribution is -2.10. The first-order chi connectivity index (χ1) is 5.22. The summed E-state index contributed by atoms with van der Waals surface area (Å²) in [6.07, 6.45) is 1.90. The Kier molecular flexibility index (Phi) is 4.49. The second kappa shape index (κ2) is 5.23. The summed E-state index contributed by atoms with van der Waals surface area (Å²) in [5, 5.41) is 0. The summed E-state index contributed by atoms with van der Waals surface area (Å²) >= 11 is 0. The van der Waals surface area contributed by atoms with E-state index in [2.05, 4.69) is 9.58 Å². The van der Waals surface area contributed by atoms with Crippen LogP contribution < -0.4 is 0 Å². The second-order valence-corrected chi connectivity index (χ2v) is 1.94. The molecule has 0 aromatic heterocycles. The number of ketones is 1. The minimum absolute atomic E-state index is 0.0879. The molecule has 58 valence electrons. The van der Waals surface area contributed by atoms with Crippen LogP contribution in [-0.4, -0.2) is 27.3 Å². The van der Waals surface area contributed by atoms with Crippen molar-refractivity contribution in [2.45, 2.75) is 19.8 Å². The van der Waals surface area contributed by atoms with Crippen molar-refractivity contribution < 1.29 is 14.4 Å². The molecule has 0 spiro atoms. The number of carbonyl (C=O) groups excluding carboxylic acids is 1. The molecule has 5 nitrogen and oxygen atoms in total. The summed E-state index contributed by atoms with van der Waals surface area (Å²) in [4.78, 5) is 16.1. The molecule has 0 fully saturated rings. The van der Waals surface area contributed by atoms with E-state index >= 15 is 0 Å². The first-order valence-corrected chi connectivity index (χ1v) is 3.10. The Balaban J connectivity index is 4.02. The summed E-state index contributed by atoms with van der Waals surface area (Å²) in [5.41, 5.74) is 16.3. The Hall–Kier alpha value is -1.57. The molecule has 0 atom stereocenters. The minimum Gasteiger partial charge on any atom is -0.362 e. The fourth-order valence-electron chi connectivity index (χ4n) is 0.555. The van der Waals surface area contributed by atoms with Crippen molar-refractivity contribution in [3.05, 3.63) is 11.1 Å². The maximum absolute atomic E-state index is 10.6. The summed E-state index contributed by atoms with van der Waals surface area (Å²) in [5.74, 6) is -0.279. The van der Waals surface area contributed by atoms with E-state index in [1.165, 1.54) is 13.1 Å². The summed E-state index contributed by atoms with van der Waals surface area (Å²) < 4.78 is 0. The molecule has 0 rings (SSSR count). The van der Waals surface area contributed by atoms with Gasteiger partial charge in [0.05, 0.1) is 12.8 Å². The number of hydrogen-bond donors (Lipinski definition) is 0. The van der Waals surface area contributed by atoms with E-state index in [1.807, 2.05) is 0 Å². The van der Waals surface area contributed by atoms with Crippen LogP contribution in [0.2, 0.25) is 0 Å². The van der Waals surface area contributed by atoms with Crippen LogP contribution in [0.4, 0.5) is 0 Å². The second-order valence-electron chi connectivity index (χ2n) is 1.94. The van der Waals surface area contributed by atoms with Gasteiger partial charge in [0.25, 0.3) is 6.21 Å². The van der Waals surface area contributed by atoms with Gasteiger partial charge < -0.3 is 11.1 Å². The van der Waals surface area contributed by atoms with Crippen molar-refractivity contribution in [2.24, 2.45) is 0 Å². The van der Waals surface area contributed by atoms with Gasteiger partial charge in [0.15, 0.2) is 0 Å². The van der Waals surface area contributed by atoms with Crippen molar-refractivity contribution in [1.29, 1.82) is 0 Å². The van der Waals surface area contributed by atoms with E-state index in [1.54, 1.807) is 0 Å². The highest BCUT2D eigenvalue weighted by Gasteiger charge is 2.13. The van der Waals surface area contributed by atoms with Gasteiger partial charge in [0, 0.05) is 6.92 Å². The molecule has 0 aliphatic rings. The van der Waals surface area contributed by atoms with Crippen LogP contribution in [0.15, 0.2) is 0 Å². The number of nitrogens with zero attached hydrogens (tertiary/aromatic N) is 4. The summed E-state index contributed by atoms with van der Waals surface area (Å²) in [7, 11) is 0. The van der Waals surface area contributed by atoms with E-state index in [9.17, 15) is 4.79 Å². The van der Waals surface area contributed by atoms with E-state index in [0.29, 0.717) is 6.42 Å². The smallest absolute Gasteiger partial charge is 0.334 e. The van der Waals surface area contributed by atoms with Crippen molar-refractivity contribution in [1.82, 2.24) is 0 Å². The lowest BCUT2D eigenvalue weighted by molar-refractivity contribution is -0.115. The average Bonchev–Trinajstić information content (AvgIpc) is 1.97. The van der Waals surface area contributed by atoms with Gasteiger partial charge in [-0.25, -0.2) is 0 Å². The van der Waals surface area contributed by atoms with Crippen molar-refractivity contribution in [2.75, 3.05) is 0 Å². The van der Waals surface area contributed by atoms with E-state index in [0.717, 1.165) is 0 Å². The predicted octanol–water partition coefficient (Wildman–Crippen LogP) is 0.327. The number of Topliss-reactive ketones (excluding diaryl/α,β-unsaturated/α-hetero) is 1. The molecule has 11 heavy (non-hydrogen) atoms. The molecule has 0 bridgehead atoms. The predicted molar refractivity (Wildman–Crippen MR) is 38.2 cm³/mol. The molecule has 5 heteroatoms. The third kappa shape index (κ3) is 3.92. The van der Waals surface area contributed by atoms with E-state index < -0.39 is 0 Å². The topological polar surface area (TPSA) is 89.9 Å². The maximum atomic E-state index is 10.6. The lowest BCUT2D eigenvalue weighted by Gasteiger charge is -1.81. The highest BCUT2D eigenvalue weighted by Crippen LogP contribution is 1.87. The zero-order valence-electron chi connectivity index (χ0n) is 6.19. The SMILES string of the molecule is CC(=O)C(CCC=[N+]=[N-])=[N+]=[N-]. The van der Waals surface area contributed by atoms with Crippen LogP contribution in [-0.2, 0) is 4.79 Å². The van der Waals surface area contributed by atoms with Crippen LogP contribution in [0.3, 0.4) is 0 Å². The number of rotatable bonds is 4. The fraction of sp³-hybridized carbons (Fsp3) is 0.500. The zero-order valence-corrected chi connectivity index (χ0v) is 6.19. The van der Waals surface area contributed by atoms with Gasteiger partial charge in [-0.05, 0) is 0 Å². The third-order valence-electron chi connectivity index (χ3n) is 1.12. The largest absolute Gasteiger partial charge is 0.362 e. The molecule has 0 unspecified atom stereocenters. The van der Waals surface area contributed by atoms with E-state index in [4.69, 9.17) is 11.1 Å². The maximum Gasteiger partial charge on any atom is 0.334 e. The van der Waals surface area contributed by atoms with Crippen LogP contribution in [0.25, 0.3) is 11.1 Å². The molecular formula is C6H8N4O. The first-order valence-electron chi connectivity index (χ1n) is 3.10. The molecular weight excluding hydrogens is 144 g/mol. The monoisotopic (exact) mass is 152 g/mol. The molecule has 0 N–H and O–H groups in total. The Labute approximate surface area is 63.9 Å². The van der Waals surface area contributed by atoms with Gasteiger partial charge in [0.1, 0.15) is 0 Å². The Morgan fingerprint density at radius 3 is 2.55 bits per heavy atom. The quantitative estimate of drug-likeness (QED) is 0.324. The van der Waals surface area contributed by atoms with Crippen molar-refractivity contribution >= 4 is 17.7 Å². The highest BCUT2D eigenvalue weighted by molar-refractivity contribution is 6.36. The highest BCUT2D eigenvalue weighted by atomic mass is 16.1. The number of carbonyl (C=O) groups is 1. The normalized spacial score (nSPS) is 7.73. The molecule has 0 radical (unpaired) electrons. The van der Waals surface area contributed by atoms with E-state index in [-0.39, 0.29) is 17.9 Å². The van der Waals surface area contributed by atoms with Gasteiger partial charge in [-0.15, -0.1) is 0 Å². The molecule has 0 aromatic carbocycles. The van der Waals surface area contributed by atoms with Crippen molar-refractivity contribution in [3.63, 3.8) is 0 Å². The van der Waals surface area contributed by atoms with Crippen LogP contribution in [0, 0.1) is 0 Å². The van der Waals surface area contributed by atoms with Crippen LogP contribution in [0.1, 0.15) is 19.8 Å². The van der Waals surface area contributed by atoms with Gasteiger partial charge in [-0.2, -0.15) is 9.58 Å². The van der Waals surface area contributed by atoms with Crippen LogP contribution >= 0.6 is 0 Å². The fourth-order valence-corrected chi connectivity index (χ4v) is 0.555. The number of hydrogen-bond acceptors (Lipinski definition) is 1. The van der Waals surface area contributed by atoms with Gasteiger partial charge in [-0.3, -0.25) is 4.79 Å². The van der Waals surface area contributed by atoms with Crippen LogP contribution in [0.5, 0.6) is 0 Å². The summed E-state index contributed by atoms with van der Waals surface area (Å²) in [6.45, 7) is 1.31. The molecule has 0 aliphatic carbocycles. The Bertz CT molecular complexity index is 245. The zero-order chi connectivity index (χ0) is 8.69. The third-order valence-corrected chi connectivity index (χ3v) is 1.12. The molecule has 0 aliphatic heterocycles. The lowest BCUT2D eigenvalue weighted by atomic mass is 10.1. The standard InChI is InChI=1S/C6H8N4O/c1-5(11)6(10-8)3-2-4-9-7/h4H,2-3H2,1H3. The van der Waals surface area contributed by atoms with Gasteiger partial charge >= 0.3 is 5.71 Å². The Morgan fingerprint density at radius 1 is 1.55 bits per heavy atom. The molecule has 0 aromatic rings. The molecule has 0 saturated carbocycles. The first kappa shape index (κ1) is 9.43. The molecule has 0 saturated heterocycles. The average molecular weight is 152 g/mol. The van der Waals surface area contributed by atoms with Crippen molar-refractivity contribution in [3.8, 4) is 0 Å². The van der Waals surface area contributed by atoms with Gasteiger partial charge in [0.2, 0.25) is 5.78 Å². The Morgan fingerprint density at radius 2 is 2.18 bits per heavy atom. The van der Waals surface area contributed by atoms with Gasteiger partial charge in [-0.1, -0.05) is 0 Å².